The van der Waals surface area contributed by atoms with Crippen LogP contribution in [0.5, 0.6) is 0 Å². The largest absolute Gasteiger partial charge is 0.379 e. The van der Waals surface area contributed by atoms with Crippen molar-refractivity contribution in [2.45, 2.75) is 57.5 Å². The highest BCUT2D eigenvalue weighted by Gasteiger charge is 2.28. The van der Waals surface area contributed by atoms with Gasteiger partial charge in [-0.15, -0.1) is 0 Å². The molecule has 1 saturated heterocycles. The number of nitrogens with zero attached hydrogens (tertiary/aromatic N) is 1. The van der Waals surface area contributed by atoms with Crippen molar-refractivity contribution >= 4 is 27.7 Å². The number of amides is 3. The fraction of sp³-hybridized carbons (Fsp3) is 0.609. The zero-order valence-corrected chi connectivity index (χ0v) is 21.1. The van der Waals surface area contributed by atoms with E-state index in [1.165, 1.54) is 28.6 Å². The highest BCUT2D eigenvalue weighted by atomic mass is 32.2. The Balaban J connectivity index is 2.02. The van der Waals surface area contributed by atoms with Crippen LogP contribution in [0.4, 0.5) is 0 Å². The monoisotopic (exact) mass is 496 g/mol. The average molecular weight is 497 g/mol. The van der Waals surface area contributed by atoms with E-state index < -0.39 is 27.9 Å². The predicted molar refractivity (Wildman–Crippen MR) is 128 cm³/mol. The number of morpholine rings is 1. The van der Waals surface area contributed by atoms with Crippen LogP contribution in [-0.2, 0) is 24.3 Å². The summed E-state index contributed by atoms with van der Waals surface area (Å²) in [6.45, 7) is 8.76. The summed E-state index contributed by atoms with van der Waals surface area (Å²) < 4.78 is 32.3. The molecule has 3 amide bonds. The third-order valence-electron chi connectivity index (χ3n) is 5.61. The van der Waals surface area contributed by atoms with E-state index in [2.05, 4.69) is 16.0 Å². The maximum Gasteiger partial charge on any atom is 0.251 e. The van der Waals surface area contributed by atoms with Crippen molar-refractivity contribution in [3.05, 3.63) is 29.8 Å². The third-order valence-corrected chi connectivity index (χ3v) is 7.51. The molecule has 1 aromatic rings. The lowest BCUT2D eigenvalue weighted by molar-refractivity contribution is -0.124. The van der Waals surface area contributed by atoms with E-state index in [0.717, 1.165) is 6.42 Å². The van der Waals surface area contributed by atoms with Crippen LogP contribution in [-0.4, -0.2) is 75.4 Å². The lowest BCUT2D eigenvalue weighted by atomic mass is 10.0. The molecule has 2 unspecified atom stereocenters. The molecular formula is C23H36N4O6S. The Morgan fingerprint density at radius 1 is 1.09 bits per heavy atom. The van der Waals surface area contributed by atoms with Crippen LogP contribution in [0.25, 0.3) is 0 Å². The van der Waals surface area contributed by atoms with Gasteiger partial charge in [0.15, 0.2) is 0 Å². The van der Waals surface area contributed by atoms with Gasteiger partial charge in [0.2, 0.25) is 21.8 Å². The molecule has 0 saturated carbocycles. The Morgan fingerprint density at radius 2 is 1.76 bits per heavy atom. The Bertz CT molecular complexity index is 960. The summed E-state index contributed by atoms with van der Waals surface area (Å²) in [5, 5.41) is 8.21. The first-order valence-corrected chi connectivity index (χ1v) is 13.1. The van der Waals surface area contributed by atoms with Gasteiger partial charge < -0.3 is 20.7 Å². The lowest BCUT2D eigenvalue weighted by Crippen LogP contribution is -2.50. The summed E-state index contributed by atoms with van der Waals surface area (Å²) in [4.78, 5) is 37.5. The van der Waals surface area contributed by atoms with Gasteiger partial charge in [0, 0.05) is 37.7 Å². The van der Waals surface area contributed by atoms with Crippen LogP contribution < -0.4 is 16.0 Å². The molecule has 190 valence electrons. The number of rotatable bonds is 11. The van der Waals surface area contributed by atoms with Crippen molar-refractivity contribution in [2.24, 2.45) is 5.92 Å². The minimum absolute atomic E-state index is 0.0138. The van der Waals surface area contributed by atoms with E-state index in [4.69, 9.17) is 4.74 Å². The maximum absolute atomic E-state index is 12.9. The van der Waals surface area contributed by atoms with Crippen molar-refractivity contribution in [1.29, 1.82) is 0 Å². The van der Waals surface area contributed by atoms with Gasteiger partial charge in [-0.3, -0.25) is 14.4 Å². The summed E-state index contributed by atoms with van der Waals surface area (Å²) in [6.07, 6.45) is 0.949. The number of carbonyl (C=O) groups excluding carboxylic acids is 3. The van der Waals surface area contributed by atoms with Crippen LogP contribution in [0.3, 0.4) is 0 Å². The molecule has 0 aliphatic carbocycles. The SMILES string of the molecule is CCC(C)NC(=O)CCNC(=O)C(NC(=O)c1cccc(S(=O)(=O)N2CCOCC2)c1)C(C)C. The van der Waals surface area contributed by atoms with Gasteiger partial charge in [-0.05, 0) is 37.5 Å². The number of hydrogen-bond donors (Lipinski definition) is 3. The molecule has 1 aromatic carbocycles. The molecule has 0 spiro atoms. The standard InChI is InChI=1S/C23H36N4O6S/c1-5-17(4)25-20(28)9-10-24-23(30)21(16(2)3)26-22(29)18-7-6-8-19(15-18)34(31,32)27-11-13-33-14-12-27/h6-8,15-17,21H,5,9-14H2,1-4H3,(H,24,30)(H,25,28)(H,26,29). The molecule has 0 radical (unpaired) electrons. The van der Waals surface area contributed by atoms with Crippen LogP contribution in [0.2, 0.25) is 0 Å². The van der Waals surface area contributed by atoms with E-state index in [-0.39, 0.29) is 54.4 Å². The number of sulfonamides is 1. The molecule has 2 rings (SSSR count). The van der Waals surface area contributed by atoms with Crippen molar-refractivity contribution in [1.82, 2.24) is 20.3 Å². The zero-order chi connectivity index (χ0) is 25.3. The van der Waals surface area contributed by atoms with Crippen LogP contribution >= 0.6 is 0 Å². The van der Waals surface area contributed by atoms with Crippen molar-refractivity contribution in [3.63, 3.8) is 0 Å². The van der Waals surface area contributed by atoms with Gasteiger partial charge in [-0.1, -0.05) is 26.8 Å². The Morgan fingerprint density at radius 3 is 2.38 bits per heavy atom. The normalized spacial score (nSPS) is 16.5. The molecule has 11 heteroatoms. The predicted octanol–water partition coefficient (Wildman–Crippen LogP) is 0.883. The summed E-state index contributed by atoms with van der Waals surface area (Å²) in [5.74, 6) is -1.34. The summed E-state index contributed by atoms with van der Waals surface area (Å²) >= 11 is 0. The summed E-state index contributed by atoms with van der Waals surface area (Å²) in [5.41, 5.74) is 0.140. The van der Waals surface area contributed by atoms with Crippen LogP contribution in [0.1, 0.15) is 50.9 Å². The van der Waals surface area contributed by atoms with Gasteiger partial charge >= 0.3 is 0 Å². The number of carbonyl (C=O) groups is 3. The quantitative estimate of drug-likeness (QED) is 0.416. The summed E-state index contributed by atoms with van der Waals surface area (Å²) in [7, 11) is -3.75. The van der Waals surface area contributed by atoms with Crippen LogP contribution in [0.15, 0.2) is 29.2 Å². The molecule has 1 heterocycles. The maximum atomic E-state index is 12.9. The van der Waals surface area contributed by atoms with Gasteiger partial charge in [0.05, 0.1) is 18.1 Å². The average Bonchev–Trinajstić information content (AvgIpc) is 2.82. The van der Waals surface area contributed by atoms with Gasteiger partial charge in [-0.25, -0.2) is 8.42 Å². The second-order valence-electron chi connectivity index (χ2n) is 8.66. The molecule has 1 aliphatic rings. The molecule has 34 heavy (non-hydrogen) atoms. The minimum Gasteiger partial charge on any atom is -0.379 e. The third kappa shape index (κ3) is 7.78. The molecule has 0 aromatic heterocycles. The first-order valence-electron chi connectivity index (χ1n) is 11.6. The minimum atomic E-state index is -3.75. The highest BCUT2D eigenvalue weighted by molar-refractivity contribution is 7.89. The number of ether oxygens (including phenoxy) is 1. The first-order chi connectivity index (χ1) is 16.1. The van der Waals surface area contributed by atoms with E-state index in [1.54, 1.807) is 13.8 Å². The molecule has 1 aliphatic heterocycles. The lowest BCUT2D eigenvalue weighted by Gasteiger charge is -2.26. The van der Waals surface area contributed by atoms with E-state index in [0.29, 0.717) is 13.2 Å². The summed E-state index contributed by atoms with van der Waals surface area (Å²) in [6, 6.07) is 4.98. The topological polar surface area (TPSA) is 134 Å². The van der Waals surface area contributed by atoms with Crippen molar-refractivity contribution in [3.8, 4) is 0 Å². The number of hydrogen-bond acceptors (Lipinski definition) is 6. The van der Waals surface area contributed by atoms with Crippen molar-refractivity contribution in [2.75, 3.05) is 32.8 Å². The van der Waals surface area contributed by atoms with Crippen molar-refractivity contribution < 1.29 is 27.5 Å². The zero-order valence-electron chi connectivity index (χ0n) is 20.3. The second kappa shape index (κ2) is 12.8. The Hall–Kier alpha value is -2.50. The van der Waals surface area contributed by atoms with E-state index in [1.807, 2.05) is 13.8 Å². The smallest absolute Gasteiger partial charge is 0.251 e. The van der Waals surface area contributed by atoms with Gasteiger partial charge in [0.1, 0.15) is 6.04 Å². The molecule has 0 bridgehead atoms. The molecule has 10 nitrogen and oxygen atoms in total. The molecule has 1 fully saturated rings. The Kier molecular flexibility index (Phi) is 10.5. The molecule has 2 atom stereocenters. The Labute approximate surface area is 201 Å². The van der Waals surface area contributed by atoms with E-state index >= 15 is 0 Å². The molecular weight excluding hydrogens is 460 g/mol. The fourth-order valence-corrected chi connectivity index (χ4v) is 4.81. The first kappa shape index (κ1) is 27.7. The fourth-order valence-electron chi connectivity index (χ4n) is 3.35. The number of benzene rings is 1. The molecule has 3 N–H and O–H groups in total. The van der Waals surface area contributed by atoms with Gasteiger partial charge in [0.25, 0.3) is 5.91 Å². The van der Waals surface area contributed by atoms with Gasteiger partial charge in [-0.2, -0.15) is 4.31 Å². The van der Waals surface area contributed by atoms with Crippen LogP contribution in [0, 0.1) is 5.92 Å². The number of nitrogens with one attached hydrogen (secondary N) is 3. The van der Waals surface area contributed by atoms with E-state index in [9.17, 15) is 22.8 Å². The highest BCUT2D eigenvalue weighted by Crippen LogP contribution is 2.18. The second-order valence-corrected chi connectivity index (χ2v) is 10.6.